The van der Waals surface area contributed by atoms with E-state index >= 15 is 0 Å². The lowest BCUT2D eigenvalue weighted by molar-refractivity contribution is -0.148. The quantitative estimate of drug-likeness (QED) is 0.443. The number of aliphatic carboxylic acids is 1. The molecule has 2 aromatic carbocycles. The number of benzene rings is 2. The van der Waals surface area contributed by atoms with Gasteiger partial charge in [0.05, 0.1) is 17.4 Å². The van der Waals surface area contributed by atoms with Crippen LogP contribution >= 0.6 is 0 Å². The predicted octanol–water partition coefficient (Wildman–Crippen LogP) is 5.02. The van der Waals surface area contributed by atoms with Gasteiger partial charge in [-0.1, -0.05) is 61.4 Å². The van der Waals surface area contributed by atoms with Gasteiger partial charge in [-0.05, 0) is 35.1 Å². The number of hydrogen-bond acceptors (Lipinski definition) is 5. The van der Waals surface area contributed by atoms with Gasteiger partial charge in [0.2, 0.25) is 5.76 Å². The summed E-state index contributed by atoms with van der Waals surface area (Å²) < 4.78 is 10.8. The molecule has 1 saturated carbocycles. The number of carbonyl (C=O) groups is 3. The highest BCUT2D eigenvalue weighted by Crippen LogP contribution is 2.44. The van der Waals surface area contributed by atoms with Gasteiger partial charge in [0, 0.05) is 18.5 Å². The van der Waals surface area contributed by atoms with Crippen molar-refractivity contribution in [3.8, 4) is 11.1 Å². The summed E-state index contributed by atoms with van der Waals surface area (Å²) in [6.45, 7) is 0.145. The number of carboxylic acid groups (broad SMARTS) is 1. The third kappa shape index (κ3) is 4.27. The van der Waals surface area contributed by atoms with Gasteiger partial charge in [0.25, 0.3) is 5.91 Å². The molecule has 1 aromatic heterocycles. The second-order valence-corrected chi connectivity index (χ2v) is 9.09. The molecule has 0 bridgehead atoms. The molecule has 0 aliphatic heterocycles. The number of rotatable bonds is 7. The third-order valence-electron chi connectivity index (χ3n) is 7.05. The maximum atomic E-state index is 12.7. The van der Waals surface area contributed by atoms with Crippen LogP contribution in [0.1, 0.15) is 53.3 Å². The van der Waals surface area contributed by atoms with Crippen LogP contribution in [0.2, 0.25) is 0 Å². The summed E-state index contributed by atoms with van der Waals surface area (Å²) in [6.07, 6.45) is 3.25. The molecule has 2 aliphatic rings. The lowest BCUT2D eigenvalue weighted by atomic mass is 9.86. The number of carboxylic acids is 1. The summed E-state index contributed by atoms with van der Waals surface area (Å²) in [4.78, 5) is 37.0. The molecule has 0 saturated heterocycles. The summed E-state index contributed by atoms with van der Waals surface area (Å²) in [7, 11) is 0. The number of fused-ring (bicyclic) bond motifs is 3. The number of amides is 2. The molecule has 0 atom stereocenters. The number of carbonyl (C=O) groups excluding carboxylic acids is 2. The maximum absolute atomic E-state index is 12.7. The molecule has 0 spiro atoms. The topological polar surface area (TPSA) is 118 Å². The zero-order valence-electron chi connectivity index (χ0n) is 19.1. The Morgan fingerprint density at radius 1 is 0.971 bits per heavy atom. The second-order valence-electron chi connectivity index (χ2n) is 9.09. The molecule has 1 fully saturated rings. The zero-order chi connectivity index (χ0) is 24.4. The highest BCUT2D eigenvalue weighted by molar-refractivity contribution is 6.00. The zero-order valence-corrected chi connectivity index (χ0v) is 19.1. The second kappa shape index (κ2) is 9.29. The van der Waals surface area contributed by atoms with E-state index in [0.717, 1.165) is 35.1 Å². The van der Waals surface area contributed by atoms with Crippen molar-refractivity contribution in [1.82, 2.24) is 5.32 Å². The van der Waals surface area contributed by atoms with E-state index in [1.807, 2.05) is 36.4 Å². The third-order valence-corrected chi connectivity index (χ3v) is 7.05. The number of furan rings is 1. The summed E-state index contributed by atoms with van der Waals surface area (Å²) in [5.74, 6) is -1.68. The average molecular weight is 475 g/mol. The van der Waals surface area contributed by atoms with E-state index in [1.165, 1.54) is 12.3 Å². The van der Waals surface area contributed by atoms with E-state index in [-0.39, 0.29) is 30.5 Å². The fourth-order valence-electron chi connectivity index (χ4n) is 5.18. The highest BCUT2D eigenvalue weighted by Gasteiger charge is 2.41. The fraction of sp³-hybridized carbons (Fsp3) is 0.296. The van der Waals surface area contributed by atoms with E-state index in [0.29, 0.717) is 12.8 Å². The molecule has 0 radical (unpaired) electrons. The molecule has 35 heavy (non-hydrogen) atoms. The number of nitrogens with one attached hydrogen (secondary N) is 2. The molecule has 0 unspecified atom stereocenters. The van der Waals surface area contributed by atoms with Crippen molar-refractivity contribution in [2.24, 2.45) is 5.41 Å². The Bertz CT molecular complexity index is 1230. The van der Waals surface area contributed by atoms with Crippen molar-refractivity contribution >= 4 is 23.7 Å². The summed E-state index contributed by atoms with van der Waals surface area (Å²) in [5.41, 5.74) is 3.67. The Labute approximate surface area is 202 Å². The molecule has 2 aliphatic carbocycles. The highest BCUT2D eigenvalue weighted by atomic mass is 16.5. The molecule has 180 valence electrons. The maximum Gasteiger partial charge on any atom is 0.411 e. The number of hydrogen-bond donors (Lipinski definition) is 3. The van der Waals surface area contributed by atoms with Crippen LogP contribution in [0.5, 0.6) is 0 Å². The van der Waals surface area contributed by atoms with E-state index in [1.54, 1.807) is 0 Å². The lowest BCUT2D eigenvalue weighted by Gasteiger charge is -2.23. The minimum Gasteiger partial charge on any atom is -0.481 e. The molecule has 3 aromatic rings. The molecule has 5 rings (SSSR count). The fourth-order valence-corrected chi connectivity index (χ4v) is 5.18. The first-order chi connectivity index (χ1) is 17.0. The average Bonchev–Trinajstić information content (AvgIpc) is 3.60. The largest absolute Gasteiger partial charge is 0.481 e. The number of anilines is 1. The van der Waals surface area contributed by atoms with Crippen molar-refractivity contribution in [2.45, 2.75) is 31.6 Å². The predicted molar refractivity (Wildman–Crippen MR) is 128 cm³/mol. The molecular weight excluding hydrogens is 448 g/mol. The van der Waals surface area contributed by atoms with Gasteiger partial charge in [-0.3, -0.25) is 14.9 Å². The minimum atomic E-state index is -0.956. The smallest absolute Gasteiger partial charge is 0.411 e. The van der Waals surface area contributed by atoms with Crippen molar-refractivity contribution < 1.29 is 28.6 Å². The molecule has 1 heterocycles. The minimum absolute atomic E-state index is 0.00620. The van der Waals surface area contributed by atoms with Gasteiger partial charge in [-0.15, -0.1) is 0 Å². The first-order valence-corrected chi connectivity index (χ1v) is 11.7. The first kappa shape index (κ1) is 22.7. The van der Waals surface area contributed by atoms with Gasteiger partial charge in [-0.2, -0.15) is 0 Å². The van der Waals surface area contributed by atoms with Crippen molar-refractivity contribution in [2.75, 3.05) is 18.5 Å². The van der Waals surface area contributed by atoms with Gasteiger partial charge in [0.1, 0.15) is 6.61 Å². The molecular formula is C27H26N2O6. The van der Waals surface area contributed by atoms with E-state index in [4.69, 9.17) is 9.15 Å². The summed E-state index contributed by atoms with van der Waals surface area (Å²) in [5, 5.41) is 14.8. The standard InChI is InChI=1S/C27H26N2O6/c30-24(28-16-27(25(31)32)12-5-6-13-27)23-22(11-14-34-23)29-26(33)35-15-21-19-9-3-1-7-17(19)18-8-2-4-10-20(18)21/h1-4,7-11,14,21H,5-6,12-13,15-16H2,(H,28,30)(H,29,33)(H,31,32). The van der Waals surface area contributed by atoms with E-state index in [9.17, 15) is 19.5 Å². The van der Waals surface area contributed by atoms with Crippen LogP contribution in [-0.4, -0.2) is 36.2 Å². The lowest BCUT2D eigenvalue weighted by Crippen LogP contribution is -2.41. The first-order valence-electron chi connectivity index (χ1n) is 11.7. The monoisotopic (exact) mass is 474 g/mol. The Morgan fingerprint density at radius 2 is 1.60 bits per heavy atom. The van der Waals surface area contributed by atoms with Crippen molar-refractivity contribution in [3.63, 3.8) is 0 Å². The summed E-state index contributed by atoms with van der Waals surface area (Å²) in [6, 6.07) is 17.6. The van der Waals surface area contributed by atoms with Gasteiger partial charge in [0.15, 0.2) is 0 Å². The number of ether oxygens (including phenoxy) is 1. The molecule has 8 nitrogen and oxygen atoms in total. The molecule has 3 N–H and O–H groups in total. The van der Waals surface area contributed by atoms with Crippen LogP contribution in [0.15, 0.2) is 65.3 Å². The van der Waals surface area contributed by atoms with Crippen LogP contribution in [0.4, 0.5) is 10.5 Å². The van der Waals surface area contributed by atoms with Gasteiger partial charge in [-0.25, -0.2) is 4.79 Å². The Morgan fingerprint density at radius 3 is 2.23 bits per heavy atom. The van der Waals surface area contributed by atoms with Crippen LogP contribution < -0.4 is 10.6 Å². The van der Waals surface area contributed by atoms with E-state index < -0.39 is 23.4 Å². The van der Waals surface area contributed by atoms with Crippen LogP contribution in [0.25, 0.3) is 11.1 Å². The van der Waals surface area contributed by atoms with Gasteiger partial charge >= 0.3 is 12.1 Å². The Balaban J connectivity index is 1.22. The molecule has 2 amide bonds. The normalized spacial score (nSPS) is 15.8. The Hall–Kier alpha value is -4.07. The molecule has 8 heteroatoms. The summed E-state index contributed by atoms with van der Waals surface area (Å²) >= 11 is 0. The van der Waals surface area contributed by atoms with Crippen LogP contribution in [-0.2, 0) is 9.53 Å². The van der Waals surface area contributed by atoms with Crippen LogP contribution in [0.3, 0.4) is 0 Å². The van der Waals surface area contributed by atoms with Crippen molar-refractivity contribution in [3.05, 3.63) is 77.7 Å². The Kier molecular flexibility index (Phi) is 6.03. The van der Waals surface area contributed by atoms with Crippen molar-refractivity contribution in [1.29, 1.82) is 0 Å². The van der Waals surface area contributed by atoms with E-state index in [2.05, 4.69) is 22.8 Å². The van der Waals surface area contributed by atoms with Crippen LogP contribution in [0, 0.1) is 5.41 Å². The SMILES string of the molecule is O=C(Nc1ccoc1C(=O)NCC1(C(=O)O)CCCC1)OCC1c2ccccc2-c2ccccc21. The van der Waals surface area contributed by atoms with Gasteiger partial charge < -0.3 is 19.6 Å².